The fraction of sp³-hybridized carbons (Fsp3) is 0.818. The van der Waals surface area contributed by atoms with Gasteiger partial charge in [-0.05, 0) is 44.2 Å². The van der Waals surface area contributed by atoms with Gasteiger partial charge >= 0.3 is 0 Å². The molecule has 0 radical (unpaired) electrons. The van der Waals surface area contributed by atoms with Crippen LogP contribution in [0.1, 0.15) is 19.8 Å². The fourth-order valence-corrected chi connectivity index (χ4v) is 2.60. The summed E-state index contributed by atoms with van der Waals surface area (Å²) in [6.07, 6.45) is 7.69. The zero-order valence-corrected chi connectivity index (χ0v) is 8.16. The van der Waals surface area contributed by atoms with Crippen LogP contribution in [0, 0.1) is 17.8 Å². The lowest BCUT2D eigenvalue weighted by Gasteiger charge is -2.38. The third-order valence-corrected chi connectivity index (χ3v) is 3.37. The highest BCUT2D eigenvalue weighted by molar-refractivity contribution is 5.02. The van der Waals surface area contributed by atoms with E-state index in [4.69, 9.17) is 0 Å². The van der Waals surface area contributed by atoms with E-state index in [2.05, 4.69) is 31.0 Å². The molecule has 0 amide bonds. The van der Waals surface area contributed by atoms with Crippen LogP contribution in [0.5, 0.6) is 0 Å². The van der Waals surface area contributed by atoms with Crippen molar-refractivity contribution in [3.8, 4) is 0 Å². The third-order valence-electron chi connectivity index (χ3n) is 3.37. The van der Waals surface area contributed by atoms with E-state index in [1.54, 1.807) is 0 Å². The Balaban J connectivity index is 2.04. The second-order valence-electron chi connectivity index (χ2n) is 4.57. The molecule has 1 fully saturated rings. The molecular weight excluding hydrogens is 146 g/mol. The summed E-state index contributed by atoms with van der Waals surface area (Å²) in [5.41, 5.74) is 0. The number of piperidine rings is 1. The molecule has 0 aromatic carbocycles. The van der Waals surface area contributed by atoms with Crippen LogP contribution < -0.4 is 0 Å². The van der Waals surface area contributed by atoms with Crippen molar-refractivity contribution in [2.45, 2.75) is 19.8 Å². The molecule has 1 aliphatic heterocycles. The Hall–Kier alpha value is -0.300. The Morgan fingerprint density at radius 2 is 2.17 bits per heavy atom. The summed E-state index contributed by atoms with van der Waals surface area (Å²) in [7, 11) is 2.24. The van der Waals surface area contributed by atoms with E-state index in [9.17, 15) is 0 Å². The minimum atomic E-state index is 0.828. The van der Waals surface area contributed by atoms with Crippen molar-refractivity contribution >= 4 is 0 Å². The highest BCUT2D eigenvalue weighted by Gasteiger charge is 2.28. The first kappa shape index (κ1) is 8.31. The maximum atomic E-state index is 2.46. The van der Waals surface area contributed by atoms with Crippen LogP contribution in [0.25, 0.3) is 0 Å². The highest BCUT2D eigenvalue weighted by Crippen LogP contribution is 2.33. The van der Waals surface area contributed by atoms with Gasteiger partial charge in [-0.3, -0.25) is 0 Å². The van der Waals surface area contributed by atoms with Crippen LogP contribution in [0.4, 0.5) is 0 Å². The van der Waals surface area contributed by atoms with E-state index in [0.717, 1.165) is 17.8 Å². The molecule has 0 N–H and O–H groups in total. The quantitative estimate of drug-likeness (QED) is 0.497. The third kappa shape index (κ3) is 1.56. The molecule has 1 heteroatoms. The Labute approximate surface area is 75.4 Å². The van der Waals surface area contributed by atoms with Gasteiger partial charge in [0.15, 0.2) is 0 Å². The molecule has 2 aliphatic rings. The average Bonchev–Trinajstić information content (AvgIpc) is 2.05. The van der Waals surface area contributed by atoms with E-state index in [-0.39, 0.29) is 0 Å². The first-order valence-corrected chi connectivity index (χ1v) is 5.12. The van der Waals surface area contributed by atoms with Crippen LogP contribution >= 0.6 is 0 Å². The smallest absolute Gasteiger partial charge is 0.00440 e. The number of rotatable bonds is 0. The molecule has 0 aromatic rings. The maximum Gasteiger partial charge on any atom is 0.00440 e. The molecule has 68 valence electrons. The summed E-state index contributed by atoms with van der Waals surface area (Å²) in [4.78, 5) is 2.46. The van der Waals surface area contributed by atoms with Gasteiger partial charge in [0.2, 0.25) is 0 Å². The molecule has 0 spiro atoms. The Morgan fingerprint density at radius 3 is 3.00 bits per heavy atom. The molecule has 0 aromatic heterocycles. The van der Waals surface area contributed by atoms with Gasteiger partial charge in [-0.2, -0.15) is 0 Å². The van der Waals surface area contributed by atoms with Crippen LogP contribution in [-0.2, 0) is 0 Å². The Kier molecular flexibility index (Phi) is 2.22. The molecule has 0 bridgehead atoms. The molecule has 1 aliphatic carbocycles. The van der Waals surface area contributed by atoms with Gasteiger partial charge < -0.3 is 4.90 Å². The average molecular weight is 165 g/mol. The second kappa shape index (κ2) is 3.21. The largest absolute Gasteiger partial charge is 0.306 e. The van der Waals surface area contributed by atoms with E-state index in [1.807, 2.05) is 0 Å². The maximum absolute atomic E-state index is 2.46. The number of nitrogens with zero attached hydrogens (tertiary/aromatic N) is 1. The summed E-state index contributed by atoms with van der Waals surface area (Å²) < 4.78 is 0. The molecule has 1 heterocycles. The minimum Gasteiger partial charge on any atom is -0.306 e. The first-order chi connectivity index (χ1) is 5.75. The van der Waals surface area contributed by atoms with Crippen LogP contribution in [-0.4, -0.2) is 25.0 Å². The van der Waals surface area contributed by atoms with Gasteiger partial charge in [-0.25, -0.2) is 0 Å². The van der Waals surface area contributed by atoms with Crippen molar-refractivity contribution in [1.82, 2.24) is 4.90 Å². The standard InChI is InChI=1S/C11H19N/c1-9-3-4-11-8-12(2)6-5-10(11)7-9/h3-4,9-11H,5-8H2,1-2H3/t9-,10+,11-/m0/s1. The summed E-state index contributed by atoms with van der Waals surface area (Å²) >= 11 is 0. The normalized spacial score (nSPS) is 42.7. The number of hydrogen-bond donors (Lipinski definition) is 0. The minimum absolute atomic E-state index is 0.828. The van der Waals surface area contributed by atoms with Gasteiger partial charge in [-0.1, -0.05) is 19.1 Å². The van der Waals surface area contributed by atoms with Crippen LogP contribution in [0.3, 0.4) is 0 Å². The van der Waals surface area contributed by atoms with Gasteiger partial charge in [0.1, 0.15) is 0 Å². The molecule has 0 saturated carbocycles. The monoisotopic (exact) mass is 165 g/mol. The topological polar surface area (TPSA) is 3.24 Å². The summed E-state index contributed by atoms with van der Waals surface area (Å²) in [6, 6.07) is 0. The lowest BCUT2D eigenvalue weighted by atomic mass is 9.76. The Morgan fingerprint density at radius 1 is 1.33 bits per heavy atom. The lowest BCUT2D eigenvalue weighted by Crippen LogP contribution is -2.38. The van der Waals surface area contributed by atoms with Crippen molar-refractivity contribution in [2.24, 2.45) is 17.8 Å². The van der Waals surface area contributed by atoms with Crippen molar-refractivity contribution in [1.29, 1.82) is 0 Å². The molecule has 0 unspecified atom stereocenters. The second-order valence-corrected chi connectivity index (χ2v) is 4.57. The predicted octanol–water partition coefficient (Wildman–Crippen LogP) is 2.15. The lowest BCUT2D eigenvalue weighted by molar-refractivity contribution is 0.150. The predicted molar refractivity (Wildman–Crippen MR) is 52.0 cm³/mol. The van der Waals surface area contributed by atoms with Crippen LogP contribution in [0.15, 0.2) is 12.2 Å². The Bertz CT molecular complexity index is 185. The van der Waals surface area contributed by atoms with Gasteiger partial charge in [0.25, 0.3) is 0 Å². The van der Waals surface area contributed by atoms with Crippen molar-refractivity contribution in [2.75, 3.05) is 20.1 Å². The molecule has 1 nitrogen and oxygen atoms in total. The molecule has 2 rings (SSSR count). The summed E-state index contributed by atoms with van der Waals surface area (Å²) in [5.74, 6) is 2.68. The van der Waals surface area contributed by atoms with Gasteiger partial charge in [0, 0.05) is 6.54 Å². The highest BCUT2D eigenvalue weighted by atomic mass is 15.1. The van der Waals surface area contributed by atoms with Crippen molar-refractivity contribution < 1.29 is 0 Å². The molecular formula is C11H19N. The van der Waals surface area contributed by atoms with Crippen molar-refractivity contribution in [3.05, 3.63) is 12.2 Å². The number of fused-ring (bicyclic) bond motifs is 1. The van der Waals surface area contributed by atoms with E-state index >= 15 is 0 Å². The van der Waals surface area contributed by atoms with E-state index < -0.39 is 0 Å². The molecule has 3 atom stereocenters. The molecule has 12 heavy (non-hydrogen) atoms. The molecule has 1 saturated heterocycles. The zero-order chi connectivity index (χ0) is 8.55. The SMILES string of the molecule is C[C@H]1C=C[C@H]2CN(C)CC[C@@H]2C1. The zero-order valence-electron chi connectivity index (χ0n) is 8.16. The van der Waals surface area contributed by atoms with Gasteiger partial charge in [-0.15, -0.1) is 0 Å². The number of hydrogen-bond acceptors (Lipinski definition) is 1. The van der Waals surface area contributed by atoms with E-state index in [0.29, 0.717) is 0 Å². The number of likely N-dealkylation sites (tertiary alicyclic amines) is 1. The first-order valence-electron chi connectivity index (χ1n) is 5.12. The summed E-state index contributed by atoms with van der Waals surface area (Å²) in [6.45, 7) is 4.93. The van der Waals surface area contributed by atoms with Gasteiger partial charge in [0.05, 0.1) is 0 Å². The van der Waals surface area contributed by atoms with Crippen LogP contribution in [0.2, 0.25) is 0 Å². The van der Waals surface area contributed by atoms with E-state index in [1.165, 1.54) is 25.9 Å². The van der Waals surface area contributed by atoms with Crippen molar-refractivity contribution in [3.63, 3.8) is 0 Å². The summed E-state index contributed by atoms with van der Waals surface area (Å²) in [5, 5.41) is 0. The number of allylic oxidation sites excluding steroid dienone is 1. The fourth-order valence-electron chi connectivity index (χ4n) is 2.60.